The lowest BCUT2D eigenvalue weighted by Crippen LogP contribution is -1.80. The van der Waals surface area contributed by atoms with Gasteiger partial charge in [-0.2, -0.15) is 0 Å². The molecular formula is C5H2NO3S. The van der Waals surface area contributed by atoms with E-state index in [1.54, 1.807) is 6.29 Å². The Morgan fingerprint density at radius 3 is 2.60 bits per heavy atom. The Morgan fingerprint density at radius 2 is 2.30 bits per heavy atom. The van der Waals surface area contributed by atoms with E-state index in [0.717, 1.165) is 11.3 Å². The van der Waals surface area contributed by atoms with Gasteiger partial charge in [-0.3, -0.25) is 14.9 Å². The molecule has 0 aromatic carbocycles. The van der Waals surface area contributed by atoms with E-state index in [9.17, 15) is 14.9 Å². The maximum Gasteiger partial charge on any atom is 0.324 e. The molecule has 4 nitrogen and oxygen atoms in total. The molecule has 0 unspecified atom stereocenters. The molecule has 0 fully saturated rings. The lowest BCUT2D eigenvalue weighted by Gasteiger charge is -1.77. The minimum absolute atomic E-state index is 0.0293. The minimum atomic E-state index is -0.536. The predicted molar refractivity (Wildman–Crippen MR) is 35.8 cm³/mol. The van der Waals surface area contributed by atoms with Crippen molar-refractivity contribution >= 4 is 22.6 Å². The predicted octanol–water partition coefficient (Wildman–Crippen LogP) is 1.11. The SMILES string of the molecule is O=[C]c1ccc([N+](=O)[O-])s1. The third-order valence-corrected chi connectivity index (χ3v) is 1.81. The summed E-state index contributed by atoms with van der Waals surface area (Å²) in [7, 11) is 0. The van der Waals surface area contributed by atoms with Crippen molar-refractivity contribution in [3.63, 3.8) is 0 Å². The molecule has 1 radical (unpaired) electrons. The van der Waals surface area contributed by atoms with Crippen LogP contribution in [0.25, 0.3) is 0 Å². The van der Waals surface area contributed by atoms with Crippen LogP contribution >= 0.6 is 11.3 Å². The van der Waals surface area contributed by atoms with Gasteiger partial charge in [0.1, 0.15) is 0 Å². The van der Waals surface area contributed by atoms with Crippen molar-refractivity contribution in [2.75, 3.05) is 0 Å². The van der Waals surface area contributed by atoms with Crippen LogP contribution in [-0.4, -0.2) is 11.2 Å². The Morgan fingerprint density at radius 1 is 1.60 bits per heavy atom. The summed E-state index contributed by atoms with van der Waals surface area (Å²) in [5.74, 6) is 0. The van der Waals surface area contributed by atoms with E-state index in [1.807, 2.05) is 0 Å². The number of hydrogen-bond acceptors (Lipinski definition) is 4. The van der Waals surface area contributed by atoms with Gasteiger partial charge in [-0.15, -0.1) is 0 Å². The van der Waals surface area contributed by atoms with Crippen LogP contribution in [0.1, 0.15) is 4.88 Å². The number of hydrogen-bond donors (Lipinski definition) is 0. The second-order valence-corrected chi connectivity index (χ2v) is 2.56. The third kappa shape index (κ3) is 1.19. The second-order valence-electron chi connectivity index (χ2n) is 1.50. The monoisotopic (exact) mass is 156 g/mol. The van der Waals surface area contributed by atoms with Crippen molar-refractivity contribution in [2.24, 2.45) is 0 Å². The normalized spacial score (nSPS) is 9.20. The number of thiophene rings is 1. The minimum Gasteiger partial charge on any atom is -0.284 e. The largest absolute Gasteiger partial charge is 0.324 e. The van der Waals surface area contributed by atoms with Crippen molar-refractivity contribution in [3.05, 3.63) is 27.1 Å². The third-order valence-electron chi connectivity index (χ3n) is 0.872. The fraction of sp³-hybridized carbons (Fsp3) is 0. The van der Waals surface area contributed by atoms with Gasteiger partial charge >= 0.3 is 5.00 Å². The molecule has 0 spiro atoms. The molecule has 0 aliphatic rings. The molecule has 0 bridgehead atoms. The smallest absolute Gasteiger partial charge is 0.284 e. The molecule has 0 N–H and O–H groups in total. The maximum absolute atomic E-state index is 10.0. The summed E-state index contributed by atoms with van der Waals surface area (Å²) < 4.78 is 0. The Hall–Kier alpha value is -1.23. The Kier molecular flexibility index (Phi) is 1.77. The number of nitrogens with zero attached hydrogens (tertiary/aromatic N) is 1. The highest BCUT2D eigenvalue weighted by Crippen LogP contribution is 2.21. The van der Waals surface area contributed by atoms with Crippen LogP contribution < -0.4 is 0 Å². The zero-order chi connectivity index (χ0) is 7.56. The number of rotatable bonds is 2. The average Bonchev–Trinajstić information content (AvgIpc) is 2.34. The molecule has 0 amide bonds. The molecule has 0 atom stereocenters. The first-order valence-corrected chi connectivity index (χ1v) is 3.18. The lowest BCUT2D eigenvalue weighted by atomic mass is 10.5. The van der Waals surface area contributed by atoms with Crippen LogP contribution in [0.3, 0.4) is 0 Å². The van der Waals surface area contributed by atoms with Gasteiger partial charge < -0.3 is 0 Å². The van der Waals surface area contributed by atoms with Crippen LogP contribution in [0, 0.1) is 10.1 Å². The summed E-state index contributed by atoms with van der Waals surface area (Å²) in [5.41, 5.74) is 0. The van der Waals surface area contributed by atoms with E-state index in [4.69, 9.17) is 0 Å². The molecule has 0 aliphatic heterocycles. The molecule has 0 saturated carbocycles. The molecule has 10 heavy (non-hydrogen) atoms. The standard InChI is InChI=1S/C5H2NO3S/c7-3-4-1-2-5(10-4)6(8)9/h1-2H. The first kappa shape index (κ1) is 6.88. The molecule has 1 heterocycles. The Bertz CT molecular complexity index is 268. The zero-order valence-corrected chi connectivity index (χ0v) is 5.55. The van der Waals surface area contributed by atoms with Gasteiger partial charge in [-0.25, -0.2) is 0 Å². The quantitative estimate of drug-likeness (QED) is 0.476. The van der Waals surface area contributed by atoms with Crippen LogP contribution in [0.5, 0.6) is 0 Å². The molecule has 1 aromatic rings. The van der Waals surface area contributed by atoms with E-state index in [1.165, 1.54) is 12.1 Å². The van der Waals surface area contributed by atoms with Gasteiger partial charge in [0.2, 0.25) is 6.29 Å². The number of carbonyl (C=O) groups excluding carboxylic acids is 1. The van der Waals surface area contributed by atoms with Gasteiger partial charge in [-0.05, 0) is 6.07 Å². The van der Waals surface area contributed by atoms with Gasteiger partial charge in [0.05, 0.1) is 9.80 Å². The first-order chi connectivity index (χ1) is 4.74. The fourth-order valence-corrected chi connectivity index (χ4v) is 1.09. The summed E-state index contributed by atoms with van der Waals surface area (Å²) in [6, 6.07) is 2.65. The second kappa shape index (κ2) is 2.57. The highest BCUT2D eigenvalue weighted by molar-refractivity contribution is 7.16. The van der Waals surface area contributed by atoms with Gasteiger partial charge in [-0.1, -0.05) is 11.3 Å². The summed E-state index contributed by atoms with van der Waals surface area (Å²) >= 11 is 0.818. The molecule has 0 aliphatic carbocycles. The van der Waals surface area contributed by atoms with Crippen molar-refractivity contribution in [1.82, 2.24) is 0 Å². The zero-order valence-electron chi connectivity index (χ0n) is 4.73. The summed E-state index contributed by atoms with van der Waals surface area (Å²) in [6.45, 7) is 0. The van der Waals surface area contributed by atoms with Gasteiger partial charge in [0.25, 0.3) is 0 Å². The van der Waals surface area contributed by atoms with Crippen LogP contribution in [0.4, 0.5) is 5.00 Å². The molecule has 51 valence electrons. The van der Waals surface area contributed by atoms with Crippen molar-refractivity contribution in [1.29, 1.82) is 0 Å². The van der Waals surface area contributed by atoms with E-state index < -0.39 is 4.92 Å². The highest BCUT2D eigenvalue weighted by atomic mass is 32.1. The van der Waals surface area contributed by atoms with Gasteiger partial charge in [0.15, 0.2) is 0 Å². The van der Waals surface area contributed by atoms with E-state index >= 15 is 0 Å². The topological polar surface area (TPSA) is 60.2 Å². The Balaban J connectivity index is 2.98. The van der Waals surface area contributed by atoms with E-state index in [0.29, 0.717) is 0 Å². The van der Waals surface area contributed by atoms with Crippen molar-refractivity contribution in [3.8, 4) is 0 Å². The van der Waals surface area contributed by atoms with Crippen molar-refractivity contribution < 1.29 is 9.72 Å². The highest BCUT2D eigenvalue weighted by Gasteiger charge is 2.08. The maximum atomic E-state index is 10.0. The lowest BCUT2D eigenvalue weighted by molar-refractivity contribution is -0.380. The first-order valence-electron chi connectivity index (χ1n) is 2.36. The summed E-state index contributed by atoms with van der Waals surface area (Å²) in [5, 5.41) is 9.99. The van der Waals surface area contributed by atoms with Crippen molar-refractivity contribution in [2.45, 2.75) is 0 Å². The average molecular weight is 156 g/mol. The molecule has 5 heteroatoms. The fourth-order valence-electron chi connectivity index (χ4n) is 0.481. The molecule has 1 aromatic heterocycles. The molecular weight excluding hydrogens is 154 g/mol. The summed E-state index contributed by atoms with van der Waals surface area (Å²) in [6.07, 6.45) is 1.57. The van der Waals surface area contributed by atoms with E-state index in [-0.39, 0.29) is 9.88 Å². The summed E-state index contributed by atoms with van der Waals surface area (Å²) in [4.78, 5) is 19.6. The van der Waals surface area contributed by atoms with Crippen LogP contribution in [0.2, 0.25) is 0 Å². The molecule has 0 saturated heterocycles. The van der Waals surface area contributed by atoms with Crippen LogP contribution in [0.15, 0.2) is 12.1 Å². The van der Waals surface area contributed by atoms with Crippen LogP contribution in [-0.2, 0) is 4.79 Å². The molecule has 1 rings (SSSR count). The Labute approximate surface area is 60.3 Å². The number of nitro groups is 1. The van der Waals surface area contributed by atoms with Gasteiger partial charge in [0, 0.05) is 6.07 Å². The van der Waals surface area contributed by atoms with E-state index in [2.05, 4.69) is 0 Å².